The van der Waals surface area contributed by atoms with Crippen molar-refractivity contribution in [3.8, 4) is 0 Å². The molecule has 0 amide bonds. The molecule has 7 heteroatoms. The summed E-state index contributed by atoms with van der Waals surface area (Å²) in [5, 5.41) is 11.0. The molecule has 0 unspecified atom stereocenters. The molecule has 2 aromatic heterocycles. The predicted molar refractivity (Wildman–Crippen MR) is 55.6 cm³/mol. The lowest BCUT2D eigenvalue weighted by molar-refractivity contribution is 0.608. The topological polar surface area (TPSA) is 68.5 Å². The number of anilines is 1. The lowest BCUT2D eigenvalue weighted by Gasteiger charge is -2.04. The molecule has 2 heterocycles. The Kier molecular flexibility index (Phi) is 3.08. The van der Waals surface area contributed by atoms with E-state index in [9.17, 15) is 0 Å². The first-order chi connectivity index (χ1) is 7.34. The summed E-state index contributed by atoms with van der Waals surface area (Å²) >= 11 is 5.68. The molecule has 0 saturated heterocycles. The second kappa shape index (κ2) is 4.70. The maximum Gasteiger partial charge on any atom is 0.149 e. The van der Waals surface area contributed by atoms with Crippen molar-refractivity contribution in [3.05, 3.63) is 29.9 Å². The summed E-state index contributed by atoms with van der Waals surface area (Å²) in [5.41, 5.74) is 0. The Morgan fingerprint density at radius 1 is 1.40 bits per heavy atom. The molecule has 0 aliphatic rings. The van der Waals surface area contributed by atoms with Crippen LogP contribution in [0.3, 0.4) is 0 Å². The second-order valence-corrected chi connectivity index (χ2v) is 3.21. The normalized spacial score (nSPS) is 10.2. The van der Waals surface area contributed by atoms with E-state index in [0.717, 1.165) is 0 Å². The minimum atomic E-state index is 0.376. The molecule has 2 rings (SSSR count). The lowest BCUT2D eigenvalue weighted by Crippen LogP contribution is -2.12. The van der Waals surface area contributed by atoms with Crippen molar-refractivity contribution in [2.75, 3.05) is 11.9 Å². The van der Waals surface area contributed by atoms with E-state index in [2.05, 4.69) is 25.6 Å². The number of nitrogens with zero attached hydrogens (tertiary/aromatic N) is 5. The molecule has 78 valence electrons. The maximum absolute atomic E-state index is 5.68. The van der Waals surface area contributed by atoms with Crippen LogP contribution in [0.25, 0.3) is 0 Å². The Morgan fingerprint density at radius 3 is 3.07 bits per heavy atom. The van der Waals surface area contributed by atoms with Crippen molar-refractivity contribution >= 4 is 17.4 Å². The van der Waals surface area contributed by atoms with Gasteiger partial charge in [-0.2, -0.15) is 0 Å². The third kappa shape index (κ3) is 2.88. The maximum atomic E-state index is 5.68. The first-order valence-corrected chi connectivity index (χ1v) is 4.78. The van der Waals surface area contributed by atoms with Crippen LogP contribution in [0.15, 0.2) is 24.8 Å². The van der Waals surface area contributed by atoms with Crippen LogP contribution in [0.5, 0.6) is 0 Å². The Bertz CT molecular complexity index is 415. The number of hydrogen-bond acceptors (Lipinski definition) is 5. The highest BCUT2D eigenvalue weighted by molar-refractivity contribution is 6.29. The van der Waals surface area contributed by atoms with E-state index < -0.39 is 0 Å². The van der Waals surface area contributed by atoms with Crippen LogP contribution in [-0.2, 0) is 6.54 Å². The van der Waals surface area contributed by atoms with Crippen LogP contribution >= 0.6 is 11.6 Å². The summed E-state index contributed by atoms with van der Waals surface area (Å²) in [4.78, 5) is 7.95. The number of rotatable bonds is 4. The Balaban J connectivity index is 1.83. The van der Waals surface area contributed by atoms with Crippen molar-refractivity contribution in [1.29, 1.82) is 0 Å². The molecular formula is C8H9ClN6. The Hall–Kier alpha value is -1.69. The third-order valence-electron chi connectivity index (χ3n) is 1.72. The van der Waals surface area contributed by atoms with Crippen LogP contribution in [0.1, 0.15) is 0 Å². The van der Waals surface area contributed by atoms with Crippen LogP contribution in [-0.4, -0.2) is 31.5 Å². The fourth-order valence-electron chi connectivity index (χ4n) is 1.08. The number of halogens is 1. The monoisotopic (exact) mass is 224 g/mol. The van der Waals surface area contributed by atoms with Crippen molar-refractivity contribution in [1.82, 2.24) is 25.0 Å². The van der Waals surface area contributed by atoms with E-state index in [1.807, 2.05) is 0 Å². The fourth-order valence-corrected chi connectivity index (χ4v) is 1.23. The highest BCUT2D eigenvalue weighted by Gasteiger charge is 1.96. The van der Waals surface area contributed by atoms with Crippen LogP contribution in [0.4, 0.5) is 5.82 Å². The minimum Gasteiger partial charge on any atom is -0.367 e. The summed E-state index contributed by atoms with van der Waals surface area (Å²) in [6.45, 7) is 1.41. The minimum absolute atomic E-state index is 0.376. The van der Waals surface area contributed by atoms with E-state index in [0.29, 0.717) is 24.1 Å². The first-order valence-electron chi connectivity index (χ1n) is 4.40. The number of hydrogen-bond donors (Lipinski definition) is 1. The van der Waals surface area contributed by atoms with Gasteiger partial charge in [0.2, 0.25) is 0 Å². The van der Waals surface area contributed by atoms with Gasteiger partial charge in [-0.1, -0.05) is 16.8 Å². The highest BCUT2D eigenvalue weighted by atomic mass is 35.5. The number of nitrogens with one attached hydrogen (secondary N) is 1. The van der Waals surface area contributed by atoms with E-state index in [4.69, 9.17) is 11.6 Å². The van der Waals surface area contributed by atoms with Gasteiger partial charge in [-0.15, -0.1) is 5.10 Å². The van der Waals surface area contributed by atoms with Gasteiger partial charge in [0.25, 0.3) is 0 Å². The third-order valence-corrected chi connectivity index (χ3v) is 1.91. The van der Waals surface area contributed by atoms with Gasteiger partial charge in [0.15, 0.2) is 0 Å². The second-order valence-electron chi connectivity index (χ2n) is 2.82. The molecule has 0 aromatic carbocycles. The van der Waals surface area contributed by atoms with Gasteiger partial charge in [0.1, 0.15) is 11.0 Å². The Labute approximate surface area is 91.3 Å². The summed E-state index contributed by atoms with van der Waals surface area (Å²) in [6, 6.07) is 0. The van der Waals surface area contributed by atoms with E-state index in [1.54, 1.807) is 23.3 Å². The molecule has 0 bridgehead atoms. The predicted octanol–water partition coefficient (Wildman–Crippen LogP) is 0.834. The lowest BCUT2D eigenvalue weighted by atomic mass is 10.5. The standard InChI is InChI=1S/C8H9ClN6/c9-7-5-10-6-8(13-7)11-1-3-15-4-2-12-14-15/h2,4-6H,1,3H2,(H,11,13). The molecular weight excluding hydrogens is 216 g/mol. The molecule has 0 saturated carbocycles. The fraction of sp³-hybridized carbons (Fsp3) is 0.250. The largest absolute Gasteiger partial charge is 0.367 e. The average Bonchev–Trinajstić information content (AvgIpc) is 2.71. The van der Waals surface area contributed by atoms with Gasteiger partial charge >= 0.3 is 0 Å². The highest BCUT2D eigenvalue weighted by Crippen LogP contribution is 2.05. The van der Waals surface area contributed by atoms with Crippen molar-refractivity contribution in [2.24, 2.45) is 0 Å². The first kappa shape index (κ1) is 9.85. The molecule has 0 fully saturated rings. The molecule has 0 aliphatic heterocycles. The SMILES string of the molecule is Clc1cncc(NCCn2ccnn2)n1. The van der Waals surface area contributed by atoms with Crippen LogP contribution in [0, 0.1) is 0 Å². The molecule has 2 aromatic rings. The van der Waals surface area contributed by atoms with Crippen molar-refractivity contribution in [3.63, 3.8) is 0 Å². The molecule has 0 atom stereocenters. The average molecular weight is 225 g/mol. The van der Waals surface area contributed by atoms with Gasteiger partial charge in [0.05, 0.1) is 25.1 Å². The smallest absolute Gasteiger partial charge is 0.149 e. The Morgan fingerprint density at radius 2 is 2.33 bits per heavy atom. The molecule has 0 radical (unpaired) electrons. The van der Waals surface area contributed by atoms with Gasteiger partial charge in [-0.05, 0) is 0 Å². The summed E-state index contributed by atoms with van der Waals surface area (Å²) in [5.74, 6) is 0.655. The van der Waals surface area contributed by atoms with Gasteiger partial charge < -0.3 is 5.32 Å². The zero-order chi connectivity index (χ0) is 10.5. The zero-order valence-corrected chi connectivity index (χ0v) is 8.59. The molecule has 1 N–H and O–H groups in total. The van der Waals surface area contributed by atoms with Crippen molar-refractivity contribution in [2.45, 2.75) is 6.54 Å². The van der Waals surface area contributed by atoms with E-state index in [1.165, 1.54) is 6.20 Å². The quantitative estimate of drug-likeness (QED) is 0.833. The molecule has 15 heavy (non-hydrogen) atoms. The zero-order valence-electron chi connectivity index (χ0n) is 7.84. The van der Waals surface area contributed by atoms with Crippen molar-refractivity contribution < 1.29 is 0 Å². The molecule has 6 nitrogen and oxygen atoms in total. The van der Waals surface area contributed by atoms with E-state index >= 15 is 0 Å². The number of aromatic nitrogens is 5. The van der Waals surface area contributed by atoms with Gasteiger partial charge in [-0.25, -0.2) is 4.98 Å². The summed E-state index contributed by atoms with van der Waals surface area (Å²) < 4.78 is 1.73. The molecule has 0 aliphatic carbocycles. The van der Waals surface area contributed by atoms with Gasteiger partial charge in [0, 0.05) is 12.7 Å². The van der Waals surface area contributed by atoms with Crippen LogP contribution in [0.2, 0.25) is 5.15 Å². The van der Waals surface area contributed by atoms with Crippen LogP contribution < -0.4 is 5.32 Å². The molecule has 0 spiro atoms. The van der Waals surface area contributed by atoms with Gasteiger partial charge in [-0.3, -0.25) is 9.67 Å². The van der Waals surface area contributed by atoms with E-state index in [-0.39, 0.29) is 0 Å². The summed E-state index contributed by atoms with van der Waals surface area (Å²) in [7, 11) is 0. The summed E-state index contributed by atoms with van der Waals surface area (Å²) in [6.07, 6.45) is 6.54.